The molecule has 2 aliphatic rings. The van der Waals surface area contributed by atoms with Crippen molar-refractivity contribution < 1.29 is 16.8 Å². The van der Waals surface area contributed by atoms with Crippen LogP contribution in [0.15, 0.2) is 23.1 Å². The van der Waals surface area contributed by atoms with E-state index in [1.165, 1.54) is 6.07 Å². The zero-order chi connectivity index (χ0) is 17.2. The number of hydrogen-bond donors (Lipinski definition) is 1. The lowest BCUT2D eigenvalue weighted by Crippen LogP contribution is -2.36. The third-order valence-electron chi connectivity index (χ3n) is 5.06. The fourth-order valence-corrected chi connectivity index (χ4v) is 7.65. The summed E-state index contributed by atoms with van der Waals surface area (Å²) in [6, 6.07) is 5.15. The molecule has 1 aromatic carbocycles. The molecule has 3 rings (SSSR count). The fourth-order valence-electron chi connectivity index (χ4n) is 3.91. The highest BCUT2D eigenvalue weighted by Gasteiger charge is 2.29. The number of aryl methyl sites for hydroxylation is 1. The molecule has 0 unspecified atom stereocenters. The molecular formula is C17H25NO4S2. The van der Waals surface area contributed by atoms with Crippen LogP contribution >= 0.6 is 0 Å². The minimum absolute atomic E-state index is 0.0659. The molecule has 24 heavy (non-hydrogen) atoms. The third kappa shape index (κ3) is 4.18. The second-order valence-corrected chi connectivity index (χ2v) is 10.6. The van der Waals surface area contributed by atoms with Gasteiger partial charge in [0.05, 0.1) is 10.6 Å². The van der Waals surface area contributed by atoms with E-state index in [1.807, 2.05) is 10.2 Å². The van der Waals surface area contributed by atoms with E-state index in [0.717, 1.165) is 62.5 Å². The lowest BCUT2D eigenvalue weighted by molar-refractivity contribution is 0.384. The highest BCUT2D eigenvalue weighted by molar-refractivity contribution is 8.04. The summed E-state index contributed by atoms with van der Waals surface area (Å²) in [5.74, 6) is -0.0301. The molecule has 0 aliphatic heterocycles. The summed E-state index contributed by atoms with van der Waals surface area (Å²) in [7, 11) is -7.90. The van der Waals surface area contributed by atoms with Gasteiger partial charge in [0.1, 0.15) is 0 Å². The largest absolute Gasteiger partial charge is 0.253 e. The van der Waals surface area contributed by atoms with Crippen molar-refractivity contribution in [3.63, 3.8) is 0 Å². The van der Waals surface area contributed by atoms with Gasteiger partial charge < -0.3 is 0 Å². The molecule has 0 amide bonds. The molecule has 0 saturated heterocycles. The maximum absolute atomic E-state index is 12.7. The molecule has 1 aromatic rings. The SMILES string of the molecule is O=S(=O)(CC1CCCCC1)NS(=O)(=O)c1cccc2c1CCCC2. The third-order valence-corrected chi connectivity index (χ3v) is 8.82. The van der Waals surface area contributed by atoms with Crippen LogP contribution in [0.3, 0.4) is 0 Å². The number of benzene rings is 1. The maximum atomic E-state index is 12.7. The molecule has 0 heterocycles. The Bertz CT molecular complexity index is 794. The molecule has 0 spiro atoms. The van der Waals surface area contributed by atoms with Gasteiger partial charge in [-0.2, -0.15) is 0 Å². The Morgan fingerprint density at radius 3 is 2.38 bits per heavy atom. The van der Waals surface area contributed by atoms with E-state index in [9.17, 15) is 16.8 Å². The molecule has 0 aromatic heterocycles. The van der Waals surface area contributed by atoms with Crippen molar-refractivity contribution in [1.29, 1.82) is 0 Å². The van der Waals surface area contributed by atoms with Gasteiger partial charge in [0, 0.05) is 0 Å². The van der Waals surface area contributed by atoms with Gasteiger partial charge in [-0.15, -0.1) is 4.13 Å². The molecule has 1 saturated carbocycles. The van der Waals surface area contributed by atoms with E-state index in [1.54, 1.807) is 6.07 Å². The van der Waals surface area contributed by atoms with Crippen LogP contribution in [0.25, 0.3) is 0 Å². The zero-order valence-corrected chi connectivity index (χ0v) is 15.5. The Morgan fingerprint density at radius 2 is 1.62 bits per heavy atom. The van der Waals surface area contributed by atoms with E-state index >= 15 is 0 Å². The maximum Gasteiger partial charge on any atom is 0.253 e. The van der Waals surface area contributed by atoms with Gasteiger partial charge in [-0.25, -0.2) is 16.8 Å². The fraction of sp³-hybridized carbons (Fsp3) is 0.647. The molecular weight excluding hydrogens is 346 g/mol. The van der Waals surface area contributed by atoms with Gasteiger partial charge >= 0.3 is 0 Å². The van der Waals surface area contributed by atoms with Crippen LogP contribution in [-0.2, 0) is 32.9 Å². The van der Waals surface area contributed by atoms with Gasteiger partial charge in [0.2, 0.25) is 10.0 Å². The highest BCUT2D eigenvalue weighted by atomic mass is 32.3. The van der Waals surface area contributed by atoms with Crippen molar-refractivity contribution in [2.24, 2.45) is 5.92 Å². The molecule has 2 aliphatic carbocycles. The Kier molecular flexibility index (Phi) is 5.32. The van der Waals surface area contributed by atoms with Crippen LogP contribution in [0, 0.1) is 5.92 Å². The van der Waals surface area contributed by atoms with E-state index in [2.05, 4.69) is 0 Å². The summed E-state index contributed by atoms with van der Waals surface area (Å²) in [6.07, 6.45) is 8.45. The summed E-state index contributed by atoms with van der Waals surface area (Å²) < 4.78 is 52.1. The van der Waals surface area contributed by atoms with E-state index < -0.39 is 20.0 Å². The molecule has 0 atom stereocenters. The minimum Gasteiger partial charge on any atom is -0.211 e. The van der Waals surface area contributed by atoms with E-state index in [4.69, 9.17) is 0 Å². The van der Waals surface area contributed by atoms with Crippen LogP contribution in [0.4, 0.5) is 0 Å². The number of fused-ring (bicyclic) bond motifs is 1. The number of rotatable bonds is 5. The van der Waals surface area contributed by atoms with Crippen molar-refractivity contribution in [2.45, 2.75) is 62.7 Å². The highest BCUT2D eigenvalue weighted by Crippen LogP contribution is 2.28. The Morgan fingerprint density at radius 1 is 0.917 bits per heavy atom. The predicted octanol–water partition coefficient (Wildman–Crippen LogP) is 2.75. The summed E-state index contributed by atoms with van der Waals surface area (Å²) >= 11 is 0. The average molecular weight is 372 g/mol. The molecule has 1 fully saturated rings. The number of nitrogens with one attached hydrogen (secondary N) is 1. The first-order valence-electron chi connectivity index (χ1n) is 8.74. The second-order valence-electron chi connectivity index (χ2n) is 6.97. The van der Waals surface area contributed by atoms with Crippen LogP contribution < -0.4 is 4.13 Å². The first-order chi connectivity index (χ1) is 11.4. The average Bonchev–Trinajstić information content (AvgIpc) is 2.53. The molecule has 5 nitrogen and oxygen atoms in total. The van der Waals surface area contributed by atoms with Crippen LogP contribution in [-0.4, -0.2) is 22.6 Å². The smallest absolute Gasteiger partial charge is 0.211 e. The Labute approximate surface area is 145 Å². The topological polar surface area (TPSA) is 80.3 Å². The summed E-state index contributed by atoms with van der Waals surface area (Å²) in [4.78, 5) is 0.131. The number of hydrogen-bond acceptors (Lipinski definition) is 4. The van der Waals surface area contributed by atoms with Gasteiger partial charge in [-0.1, -0.05) is 31.4 Å². The van der Waals surface area contributed by atoms with Crippen molar-refractivity contribution in [3.05, 3.63) is 29.3 Å². The number of sulfonamides is 2. The van der Waals surface area contributed by atoms with Crippen molar-refractivity contribution >= 4 is 20.0 Å². The standard InChI is InChI=1S/C17H25NO4S2/c19-23(20,13-14-7-2-1-3-8-14)18-24(21,22)17-12-6-10-15-9-4-5-11-16(15)17/h6,10,12,14,18H,1-5,7-9,11,13H2. The Balaban J connectivity index is 1.81. The van der Waals surface area contributed by atoms with Crippen molar-refractivity contribution in [1.82, 2.24) is 4.13 Å². The lowest BCUT2D eigenvalue weighted by Gasteiger charge is -2.22. The zero-order valence-electron chi connectivity index (χ0n) is 13.8. The van der Waals surface area contributed by atoms with E-state index in [0.29, 0.717) is 6.42 Å². The lowest BCUT2D eigenvalue weighted by atomic mass is 9.91. The minimum atomic E-state index is -4.05. The van der Waals surface area contributed by atoms with Gasteiger partial charge in [0.25, 0.3) is 10.0 Å². The van der Waals surface area contributed by atoms with Crippen LogP contribution in [0.1, 0.15) is 56.1 Å². The molecule has 134 valence electrons. The summed E-state index contributed by atoms with van der Waals surface area (Å²) in [5, 5.41) is 0. The quantitative estimate of drug-likeness (QED) is 0.863. The molecule has 0 bridgehead atoms. The van der Waals surface area contributed by atoms with E-state index in [-0.39, 0.29) is 16.6 Å². The Hall–Kier alpha value is -0.920. The molecule has 7 heteroatoms. The second kappa shape index (κ2) is 7.14. The summed E-state index contributed by atoms with van der Waals surface area (Å²) in [6.45, 7) is 0. The summed E-state index contributed by atoms with van der Waals surface area (Å²) in [5.41, 5.74) is 1.80. The van der Waals surface area contributed by atoms with Crippen molar-refractivity contribution in [3.8, 4) is 0 Å². The first-order valence-corrected chi connectivity index (χ1v) is 11.9. The first kappa shape index (κ1) is 17.9. The van der Waals surface area contributed by atoms with Gasteiger partial charge in [0.15, 0.2) is 0 Å². The van der Waals surface area contributed by atoms with Gasteiger partial charge in [-0.3, -0.25) is 0 Å². The molecule has 0 radical (unpaired) electrons. The van der Waals surface area contributed by atoms with Gasteiger partial charge in [-0.05, 0) is 61.6 Å². The normalized spacial score (nSPS) is 19.8. The predicted molar refractivity (Wildman–Crippen MR) is 93.8 cm³/mol. The van der Waals surface area contributed by atoms with Crippen molar-refractivity contribution in [2.75, 3.05) is 5.75 Å². The molecule has 1 N–H and O–H groups in total. The monoisotopic (exact) mass is 371 g/mol. The van der Waals surface area contributed by atoms with Crippen LogP contribution in [0.5, 0.6) is 0 Å². The van der Waals surface area contributed by atoms with Crippen LogP contribution in [0.2, 0.25) is 0 Å².